The van der Waals surface area contributed by atoms with Gasteiger partial charge in [0.2, 0.25) is 0 Å². The smallest absolute Gasteiger partial charge is 0.265 e. The van der Waals surface area contributed by atoms with E-state index in [4.69, 9.17) is 14.2 Å². The molecule has 4 rings (SSSR count). The summed E-state index contributed by atoms with van der Waals surface area (Å²) in [6.07, 6.45) is 0. The number of anilines is 1. The second-order valence-corrected chi connectivity index (χ2v) is 7.27. The third-order valence-electron chi connectivity index (χ3n) is 4.53. The largest absolute Gasteiger partial charge is 0.497 e. The molecular formula is C21H19NO4S. The van der Waals surface area contributed by atoms with Crippen molar-refractivity contribution in [1.82, 2.24) is 0 Å². The van der Waals surface area contributed by atoms with Crippen molar-refractivity contribution in [1.29, 1.82) is 0 Å². The van der Waals surface area contributed by atoms with Crippen LogP contribution in [0.2, 0.25) is 0 Å². The molecule has 0 unspecified atom stereocenters. The first kappa shape index (κ1) is 17.4. The molecule has 0 fully saturated rings. The van der Waals surface area contributed by atoms with E-state index in [9.17, 15) is 4.79 Å². The second-order valence-electron chi connectivity index (χ2n) is 6.22. The standard InChI is InChI=1S/C21H19NO4S/c1-12-5-4-6-17-19(12)20-13(11-26-17)9-18(27-20)21(23)22-15-10-14(24-2)7-8-16(15)25-3/h4-10H,11H2,1-3H3,(H,22,23). The Labute approximate surface area is 161 Å². The van der Waals surface area contributed by atoms with E-state index in [1.54, 1.807) is 32.4 Å². The van der Waals surface area contributed by atoms with Crippen LogP contribution in [0.3, 0.4) is 0 Å². The van der Waals surface area contributed by atoms with Gasteiger partial charge in [-0.25, -0.2) is 0 Å². The molecule has 5 nitrogen and oxygen atoms in total. The van der Waals surface area contributed by atoms with Gasteiger partial charge in [-0.1, -0.05) is 12.1 Å². The molecule has 138 valence electrons. The monoisotopic (exact) mass is 381 g/mol. The van der Waals surface area contributed by atoms with Crippen LogP contribution >= 0.6 is 11.3 Å². The predicted octanol–water partition coefficient (Wildman–Crippen LogP) is 4.89. The summed E-state index contributed by atoms with van der Waals surface area (Å²) in [6.45, 7) is 2.52. The van der Waals surface area contributed by atoms with Crippen molar-refractivity contribution in [2.75, 3.05) is 19.5 Å². The van der Waals surface area contributed by atoms with Crippen LogP contribution in [0.5, 0.6) is 17.2 Å². The van der Waals surface area contributed by atoms with Crippen LogP contribution in [0, 0.1) is 6.92 Å². The molecule has 0 bridgehead atoms. The van der Waals surface area contributed by atoms with Gasteiger partial charge < -0.3 is 19.5 Å². The van der Waals surface area contributed by atoms with Crippen LogP contribution in [0.1, 0.15) is 20.8 Å². The number of rotatable bonds is 4. The van der Waals surface area contributed by atoms with Gasteiger partial charge in [0, 0.05) is 22.1 Å². The predicted molar refractivity (Wildman–Crippen MR) is 106 cm³/mol. The molecule has 0 radical (unpaired) electrons. The van der Waals surface area contributed by atoms with Crippen LogP contribution in [0.4, 0.5) is 5.69 Å². The van der Waals surface area contributed by atoms with Gasteiger partial charge in [-0.3, -0.25) is 4.79 Å². The molecule has 1 aliphatic heterocycles. The van der Waals surface area contributed by atoms with Crippen molar-refractivity contribution in [3.05, 3.63) is 58.5 Å². The first-order valence-corrected chi connectivity index (χ1v) is 9.31. The second kappa shape index (κ2) is 6.96. The number of benzene rings is 2. The third kappa shape index (κ3) is 3.13. The fourth-order valence-electron chi connectivity index (χ4n) is 3.16. The topological polar surface area (TPSA) is 56.8 Å². The van der Waals surface area contributed by atoms with E-state index in [2.05, 4.69) is 18.3 Å². The molecule has 1 N–H and O–H groups in total. The molecule has 3 aromatic rings. The Morgan fingerprint density at radius 1 is 1.15 bits per heavy atom. The SMILES string of the molecule is COc1ccc(OC)c(NC(=O)c2cc3c(s2)-c2c(C)cccc2OC3)c1. The summed E-state index contributed by atoms with van der Waals surface area (Å²) in [4.78, 5) is 14.6. The van der Waals surface area contributed by atoms with Gasteiger partial charge in [0.05, 0.1) is 24.8 Å². The average Bonchev–Trinajstić information content (AvgIpc) is 3.12. The van der Waals surface area contributed by atoms with Crippen LogP contribution in [-0.2, 0) is 6.61 Å². The summed E-state index contributed by atoms with van der Waals surface area (Å²) < 4.78 is 16.4. The van der Waals surface area contributed by atoms with E-state index in [-0.39, 0.29) is 5.91 Å². The van der Waals surface area contributed by atoms with E-state index in [0.717, 1.165) is 27.3 Å². The molecule has 2 aromatic carbocycles. The first-order valence-electron chi connectivity index (χ1n) is 8.49. The Bertz CT molecular complexity index is 1030. The highest BCUT2D eigenvalue weighted by Crippen LogP contribution is 2.44. The summed E-state index contributed by atoms with van der Waals surface area (Å²) in [6, 6.07) is 13.2. The van der Waals surface area contributed by atoms with Gasteiger partial charge in [-0.05, 0) is 36.8 Å². The number of methoxy groups -OCH3 is 2. The Hall–Kier alpha value is -2.99. The first-order chi connectivity index (χ1) is 13.1. The minimum Gasteiger partial charge on any atom is -0.497 e. The van der Waals surface area contributed by atoms with Crippen LogP contribution in [0.25, 0.3) is 10.4 Å². The lowest BCUT2D eigenvalue weighted by molar-refractivity contribution is 0.103. The van der Waals surface area contributed by atoms with Crippen molar-refractivity contribution in [3.8, 4) is 27.7 Å². The Morgan fingerprint density at radius 2 is 2.00 bits per heavy atom. The van der Waals surface area contributed by atoms with Crippen molar-refractivity contribution in [2.45, 2.75) is 13.5 Å². The van der Waals surface area contributed by atoms with Gasteiger partial charge in [-0.15, -0.1) is 11.3 Å². The zero-order valence-electron chi connectivity index (χ0n) is 15.3. The highest BCUT2D eigenvalue weighted by Gasteiger charge is 2.24. The zero-order chi connectivity index (χ0) is 19.0. The molecule has 0 saturated heterocycles. The quantitative estimate of drug-likeness (QED) is 0.699. The van der Waals surface area contributed by atoms with E-state index in [1.807, 2.05) is 18.2 Å². The van der Waals surface area contributed by atoms with E-state index >= 15 is 0 Å². The fourth-order valence-corrected chi connectivity index (χ4v) is 4.34. The lowest BCUT2D eigenvalue weighted by Crippen LogP contribution is -2.11. The molecule has 0 spiro atoms. The van der Waals surface area contributed by atoms with Gasteiger partial charge >= 0.3 is 0 Å². The van der Waals surface area contributed by atoms with E-state index in [0.29, 0.717) is 28.7 Å². The number of ether oxygens (including phenoxy) is 3. The Morgan fingerprint density at radius 3 is 2.78 bits per heavy atom. The Kier molecular flexibility index (Phi) is 4.49. The number of nitrogens with one attached hydrogen (secondary N) is 1. The number of fused-ring (bicyclic) bond motifs is 3. The minimum absolute atomic E-state index is 0.184. The lowest BCUT2D eigenvalue weighted by atomic mass is 10.0. The molecule has 1 aromatic heterocycles. The number of aryl methyl sites for hydroxylation is 1. The summed E-state index contributed by atoms with van der Waals surface area (Å²) in [5.41, 5.74) is 3.81. The Balaban J connectivity index is 1.67. The summed E-state index contributed by atoms with van der Waals surface area (Å²) in [5, 5.41) is 2.93. The number of amides is 1. The van der Waals surface area contributed by atoms with Crippen LogP contribution in [0.15, 0.2) is 42.5 Å². The van der Waals surface area contributed by atoms with Gasteiger partial charge in [0.1, 0.15) is 23.9 Å². The van der Waals surface area contributed by atoms with Gasteiger partial charge in [-0.2, -0.15) is 0 Å². The summed E-state index contributed by atoms with van der Waals surface area (Å²) in [7, 11) is 3.15. The molecule has 6 heteroatoms. The minimum atomic E-state index is -0.184. The van der Waals surface area contributed by atoms with Crippen LogP contribution in [-0.4, -0.2) is 20.1 Å². The van der Waals surface area contributed by atoms with Crippen molar-refractivity contribution in [2.24, 2.45) is 0 Å². The van der Waals surface area contributed by atoms with Gasteiger partial charge in [0.15, 0.2) is 0 Å². The maximum atomic E-state index is 12.9. The van der Waals surface area contributed by atoms with Crippen molar-refractivity contribution in [3.63, 3.8) is 0 Å². The van der Waals surface area contributed by atoms with Crippen LogP contribution < -0.4 is 19.5 Å². The van der Waals surface area contributed by atoms with Crippen molar-refractivity contribution < 1.29 is 19.0 Å². The average molecular weight is 381 g/mol. The van der Waals surface area contributed by atoms with Crippen molar-refractivity contribution >= 4 is 22.9 Å². The van der Waals surface area contributed by atoms with E-state index < -0.39 is 0 Å². The molecule has 27 heavy (non-hydrogen) atoms. The molecular weight excluding hydrogens is 362 g/mol. The normalized spacial score (nSPS) is 11.8. The summed E-state index contributed by atoms with van der Waals surface area (Å²) >= 11 is 1.48. The fraction of sp³-hybridized carbons (Fsp3) is 0.190. The van der Waals surface area contributed by atoms with E-state index in [1.165, 1.54) is 11.3 Å². The summed E-state index contributed by atoms with van der Waals surface area (Å²) in [5.74, 6) is 1.91. The molecule has 0 saturated carbocycles. The molecule has 1 aliphatic rings. The number of hydrogen-bond donors (Lipinski definition) is 1. The molecule has 0 atom stereocenters. The molecule has 0 aliphatic carbocycles. The van der Waals surface area contributed by atoms with Gasteiger partial charge in [0.25, 0.3) is 5.91 Å². The third-order valence-corrected chi connectivity index (χ3v) is 5.73. The lowest BCUT2D eigenvalue weighted by Gasteiger charge is -2.19. The molecule has 2 heterocycles. The molecule has 1 amide bonds. The highest BCUT2D eigenvalue weighted by molar-refractivity contribution is 7.17. The maximum Gasteiger partial charge on any atom is 0.265 e. The highest BCUT2D eigenvalue weighted by atomic mass is 32.1. The number of thiophene rings is 1. The number of carbonyl (C=O) groups is 1. The number of hydrogen-bond acceptors (Lipinski definition) is 5. The zero-order valence-corrected chi connectivity index (χ0v) is 16.1. The number of carbonyl (C=O) groups excluding carboxylic acids is 1. The maximum absolute atomic E-state index is 12.9.